The first-order valence-corrected chi connectivity index (χ1v) is 7.22. The van der Waals surface area contributed by atoms with Crippen molar-refractivity contribution in [3.63, 3.8) is 0 Å². The van der Waals surface area contributed by atoms with Crippen molar-refractivity contribution in [2.45, 2.75) is 18.6 Å². The molecule has 1 aromatic carbocycles. The third-order valence-electron chi connectivity index (χ3n) is 2.64. The molecule has 0 heterocycles. The van der Waals surface area contributed by atoms with Crippen LogP contribution in [0, 0.1) is 0 Å². The number of rotatable bonds is 5. The predicted octanol–water partition coefficient (Wildman–Crippen LogP) is 2.19. The fourth-order valence-electron chi connectivity index (χ4n) is 1.28. The summed E-state index contributed by atoms with van der Waals surface area (Å²) < 4.78 is 0.0242. The lowest BCUT2D eigenvalue weighted by Gasteiger charge is -2.22. The van der Waals surface area contributed by atoms with E-state index in [0.717, 1.165) is 0 Å². The molecule has 1 amide bonds. The lowest BCUT2D eigenvalue weighted by atomic mass is 10.1. The molecule has 0 bridgehead atoms. The van der Waals surface area contributed by atoms with E-state index >= 15 is 0 Å². The number of amides is 1. The second kappa shape index (κ2) is 6.20. The number of benzene rings is 1. The predicted molar refractivity (Wildman–Crippen MR) is 82.3 cm³/mol. The molecule has 98 valence electrons. The zero-order valence-electron chi connectivity index (χ0n) is 10.8. The van der Waals surface area contributed by atoms with Gasteiger partial charge in [0.15, 0.2) is 0 Å². The Labute approximate surface area is 118 Å². The molecule has 3 nitrogen and oxygen atoms in total. The highest BCUT2D eigenvalue weighted by atomic mass is 32.2. The third kappa shape index (κ3) is 4.31. The van der Waals surface area contributed by atoms with Crippen molar-refractivity contribution in [1.82, 2.24) is 5.32 Å². The maximum absolute atomic E-state index is 12.0. The largest absolute Gasteiger partial charge is 0.389 e. The molecule has 0 aliphatic carbocycles. The topological polar surface area (TPSA) is 55.1 Å². The van der Waals surface area contributed by atoms with Gasteiger partial charge in [-0.05, 0) is 32.2 Å². The Morgan fingerprint density at radius 3 is 2.61 bits per heavy atom. The number of nitrogens with one attached hydrogen (secondary N) is 1. The number of hydrogen-bond donors (Lipinski definition) is 2. The number of carbonyl (C=O) groups excluding carboxylic acids is 1. The molecule has 1 rings (SSSR count). The second-order valence-corrected chi connectivity index (χ2v) is 6.54. The van der Waals surface area contributed by atoms with E-state index in [-0.39, 0.29) is 10.7 Å². The van der Waals surface area contributed by atoms with Crippen LogP contribution in [0.1, 0.15) is 29.8 Å². The Kier molecular flexibility index (Phi) is 5.16. The summed E-state index contributed by atoms with van der Waals surface area (Å²) in [5.74, 6) is -0.102. The van der Waals surface area contributed by atoms with Crippen molar-refractivity contribution in [1.29, 1.82) is 0 Å². The lowest BCUT2D eigenvalue weighted by Crippen LogP contribution is -2.36. The van der Waals surface area contributed by atoms with Gasteiger partial charge in [-0.1, -0.05) is 24.4 Å². The van der Waals surface area contributed by atoms with Crippen LogP contribution in [0.3, 0.4) is 0 Å². The Morgan fingerprint density at radius 2 is 2.06 bits per heavy atom. The second-order valence-electron chi connectivity index (χ2n) is 4.59. The van der Waals surface area contributed by atoms with Crippen molar-refractivity contribution >= 4 is 34.9 Å². The minimum atomic E-state index is -0.102. The van der Waals surface area contributed by atoms with Crippen molar-refractivity contribution in [2.24, 2.45) is 5.73 Å². The molecule has 0 saturated carbocycles. The maximum Gasteiger partial charge on any atom is 0.251 e. The third-order valence-corrected chi connectivity index (χ3v) is 4.12. The SMILES string of the molecule is CSC(C)(C)CNC(=O)c1cccc(C(N)=S)c1. The minimum Gasteiger partial charge on any atom is -0.389 e. The summed E-state index contributed by atoms with van der Waals surface area (Å²) >= 11 is 6.61. The van der Waals surface area contributed by atoms with Gasteiger partial charge in [0.1, 0.15) is 4.99 Å². The summed E-state index contributed by atoms with van der Waals surface area (Å²) in [5.41, 5.74) is 6.83. The minimum absolute atomic E-state index is 0.0242. The van der Waals surface area contributed by atoms with Crippen LogP contribution in [0.15, 0.2) is 24.3 Å². The van der Waals surface area contributed by atoms with Crippen molar-refractivity contribution in [2.75, 3.05) is 12.8 Å². The van der Waals surface area contributed by atoms with E-state index in [4.69, 9.17) is 18.0 Å². The molecule has 0 aliphatic rings. The zero-order chi connectivity index (χ0) is 13.8. The molecule has 0 aliphatic heterocycles. The van der Waals surface area contributed by atoms with Crippen molar-refractivity contribution in [3.05, 3.63) is 35.4 Å². The molecule has 0 fully saturated rings. The van der Waals surface area contributed by atoms with Crippen LogP contribution >= 0.6 is 24.0 Å². The van der Waals surface area contributed by atoms with Crippen LogP contribution in [0.4, 0.5) is 0 Å². The quantitative estimate of drug-likeness (QED) is 0.813. The Balaban J connectivity index is 2.73. The highest BCUT2D eigenvalue weighted by Gasteiger charge is 2.17. The van der Waals surface area contributed by atoms with Crippen LogP contribution in [0.2, 0.25) is 0 Å². The molecular weight excluding hydrogens is 264 g/mol. The fourth-order valence-corrected chi connectivity index (χ4v) is 1.62. The van der Waals surface area contributed by atoms with Crippen LogP contribution in [-0.4, -0.2) is 28.4 Å². The first-order chi connectivity index (χ1) is 8.35. The number of hydrogen-bond acceptors (Lipinski definition) is 3. The van der Waals surface area contributed by atoms with E-state index in [1.807, 2.05) is 6.26 Å². The van der Waals surface area contributed by atoms with Gasteiger partial charge >= 0.3 is 0 Å². The van der Waals surface area contributed by atoms with Gasteiger partial charge in [0.2, 0.25) is 0 Å². The van der Waals surface area contributed by atoms with Crippen LogP contribution < -0.4 is 11.1 Å². The Hall–Kier alpha value is -1.07. The van der Waals surface area contributed by atoms with Gasteiger partial charge in [0, 0.05) is 22.4 Å². The molecule has 0 atom stereocenters. The van der Waals surface area contributed by atoms with Gasteiger partial charge in [-0.15, -0.1) is 0 Å². The summed E-state index contributed by atoms with van der Waals surface area (Å²) in [4.78, 5) is 12.3. The highest BCUT2D eigenvalue weighted by Crippen LogP contribution is 2.19. The highest BCUT2D eigenvalue weighted by molar-refractivity contribution is 7.99. The average Bonchev–Trinajstić information content (AvgIpc) is 2.36. The summed E-state index contributed by atoms with van der Waals surface area (Å²) in [6.45, 7) is 4.79. The molecule has 18 heavy (non-hydrogen) atoms. The van der Waals surface area contributed by atoms with Gasteiger partial charge in [-0.3, -0.25) is 4.79 Å². The van der Waals surface area contributed by atoms with Crippen LogP contribution in [0.25, 0.3) is 0 Å². The molecule has 3 N–H and O–H groups in total. The van der Waals surface area contributed by atoms with Gasteiger partial charge in [0.05, 0.1) is 0 Å². The molecule has 0 aromatic heterocycles. The van der Waals surface area contributed by atoms with Gasteiger partial charge < -0.3 is 11.1 Å². The van der Waals surface area contributed by atoms with Crippen LogP contribution in [0.5, 0.6) is 0 Å². The van der Waals surface area contributed by atoms with E-state index in [1.54, 1.807) is 36.0 Å². The van der Waals surface area contributed by atoms with E-state index in [2.05, 4.69) is 19.2 Å². The van der Waals surface area contributed by atoms with E-state index in [9.17, 15) is 4.79 Å². The Morgan fingerprint density at radius 1 is 1.44 bits per heavy atom. The summed E-state index contributed by atoms with van der Waals surface area (Å²) in [6, 6.07) is 7.04. The zero-order valence-corrected chi connectivity index (χ0v) is 12.5. The van der Waals surface area contributed by atoms with Crippen molar-refractivity contribution in [3.8, 4) is 0 Å². The van der Waals surface area contributed by atoms with Gasteiger partial charge in [0.25, 0.3) is 5.91 Å². The summed E-state index contributed by atoms with van der Waals surface area (Å²) in [5, 5.41) is 2.91. The molecule has 0 radical (unpaired) electrons. The van der Waals surface area contributed by atoms with E-state index in [0.29, 0.717) is 22.7 Å². The normalized spacial score (nSPS) is 11.1. The molecule has 1 aromatic rings. The summed E-state index contributed by atoms with van der Waals surface area (Å²) in [6.07, 6.45) is 2.03. The number of thiocarbonyl (C=S) groups is 1. The van der Waals surface area contributed by atoms with Gasteiger partial charge in [-0.2, -0.15) is 11.8 Å². The first kappa shape index (κ1) is 15.0. The smallest absolute Gasteiger partial charge is 0.251 e. The molecule has 5 heteroatoms. The number of thioether (sulfide) groups is 1. The van der Waals surface area contributed by atoms with Crippen LogP contribution in [-0.2, 0) is 0 Å². The van der Waals surface area contributed by atoms with Gasteiger partial charge in [-0.25, -0.2) is 0 Å². The van der Waals surface area contributed by atoms with E-state index < -0.39 is 0 Å². The Bertz CT molecular complexity index is 458. The summed E-state index contributed by atoms with van der Waals surface area (Å²) in [7, 11) is 0. The monoisotopic (exact) mass is 282 g/mol. The maximum atomic E-state index is 12.0. The van der Waals surface area contributed by atoms with E-state index in [1.165, 1.54) is 0 Å². The standard InChI is InChI=1S/C13H18N2OS2/c1-13(2,18-3)8-15-12(16)10-6-4-5-9(7-10)11(14)17/h4-7H,8H2,1-3H3,(H2,14,17)(H,15,16). The molecule has 0 unspecified atom stereocenters. The first-order valence-electron chi connectivity index (χ1n) is 5.59. The number of nitrogens with two attached hydrogens (primary N) is 1. The average molecular weight is 282 g/mol. The van der Waals surface area contributed by atoms with Crippen molar-refractivity contribution < 1.29 is 4.79 Å². The fraction of sp³-hybridized carbons (Fsp3) is 0.385. The molecular formula is C13H18N2OS2. The molecule has 0 spiro atoms. The lowest BCUT2D eigenvalue weighted by molar-refractivity contribution is 0.0951. The number of carbonyl (C=O) groups is 1. The molecule has 0 saturated heterocycles.